The monoisotopic (exact) mass is 314 g/mol. The highest BCUT2D eigenvalue weighted by Gasteiger charge is 2.12. The van der Waals surface area contributed by atoms with E-state index in [-0.39, 0.29) is 0 Å². The van der Waals surface area contributed by atoms with Crippen LogP contribution in [0.5, 0.6) is 0 Å². The zero-order chi connectivity index (χ0) is 14.8. The van der Waals surface area contributed by atoms with Gasteiger partial charge in [0, 0.05) is 15.8 Å². The number of aryl methyl sites for hydroxylation is 1. The lowest BCUT2D eigenvalue weighted by Crippen LogP contribution is -1.96. The number of hydrogen-bond donors (Lipinski definition) is 0. The number of rotatable bonds is 3. The van der Waals surface area contributed by atoms with Crippen molar-refractivity contribution in [3.8, 4) is 11.4 Å². The molecule has 1 aromatic heterocycles. The summed E-state index contributed by atoms with van der Waals surface area (Å²) in [6.07, 6.45) is 2.98. The van der Waals surface area contributed by atoms with Crippen LogP contribution in [0.4, 0.5) is 0 Å². The summed E-state index contributed by atoms with van der Waals surface area (Å²) in [5.74, 6) is 0.693. The lowest BCUT2D eigenvalue weighted by molar-refractivity contribution is 1.13. The number of aromatic nitrogens is 2. The van der Waals surface area contributed by atoms with Crippen LogP contribution in [0.3, 0.4) is 0 Å². The molecule has 4 heteroatoms. The molecule has 3 rings (SSSR count). The first-order valence-electron chi connectivity index (χ1n) is 6.83. The second-order valence-electron chi connectivity index (χ2n) is 4.71. The van der Waals surface area contributed by atoms with Gasteiger partial charge >= 0.3 is 0 Å². The van der Waals surface area contributed by atoms with E-state index >= 15 is 0 Å². The second-order valence-corrected chi connectivity index (χ2v) is 5.91. The zero-order valence-corrected chi connectivity index (χ0v) is 13.5. The molecule has 0 saturated heterocycles. The van der Waals surface area contributed by atoms with Gasteiger partial charge in [-0.25, -0.2) is 9.97 Å². The van der Waals surface area contributed by atoms with Gasteiger partial charge in [-0.2, -0.15) is 0 Å². The average molecular weight is 315 g/mol. The normalized spacial score (nSPS) is 11.0. The maximum Gasteiger partial charge on any atom is 0.162 e. The van der Waals surface area contributed by atoms with E-state index in [9.17, 15) is 0 Å². The Morgan fingerprint density at radius 1 is 1.05 bits per heavy atom. The smallest absolute Gasteiger partial charge is 0.162 e. The topological polar surface area (TPSA) is 25.8 Å². The first kappa shape index (κ1) is 14.4. The first-order chi connectivity index (χ1) is 10.2. The molecular formula is C17H15ClN2S. The Morgan fingerprint density at radius 3 is 2.62 bits per heavy atom. The molecule has 21 heavy (non-hydrogen) atoms. The molecule has 2 aromatic carbocycles. The third-order valence-corrected chi connectivity index (χ3v) is 4.58. The van der Waals surface area contributed by atoms with E-state index in [1.165, 1.54) is 5.56 Å². The molecule has 0 radical (unpaired) electrons. The van der Waals surface area contributed by atoms with E-state index < -0.39 is 0 Å². The van der Waals surface area contributed by atoms with Gasteiger partial charge in [0.2, 0.25) is 0 Å². The summed E-state index contributed by atoms with van der Waals surface area (Å²) < 4.78 is 0. The molecule has 0 N–H and O–H groups in total. The van der Waals surface area contributed by atoms with Crippen molar-refractivity contribution in [2.45, 2.75) is 18.2 Å². The summed E-state index contributed by atoms with van der Waals surface area (Å²) in [5, 5.41) is 1.43. The lowest BCUT2D eigenvalue weighted by Gasteiger charge is -2.10. The van der Waals surface area contributed by atoms with Gasteiger partial charge in [-0.15, -0.1) is 11.8 Å². The zero-order valence-electron chi connectivity index (χ0n) is 11.9. The van der Waals surface area contributed by atoms with Crippen LogP contribution in [0.25, 0.3) is 22.3 Å². The molecule has 0 saturated carbocycles. The fourth-order valence-electron chi connectivity index (χ4n) is 2.41. The van der Waals surface area contributed by atoms with Crippen LogP contribution in [0.1, 0.15) is 12.5 Å². The highest BCUT2D eigenvalue weighted by atomic mass is 35.5. The fraction of sp³-hybridized carbons (Fsp3) is 0.176. The number of halogens is 1. The molecule has 0 bridgehead atoms. The first-order valence-corrected chi connectivity index (χ1v) is 8.43. The molecule has 0 aliphatic carbocycles. The number of nitrogens with zero attached hydrogens (tertiary/aromatic N) is 2. The van der Waals surface area contributed by atoms with E-state index in [1.807, 2.05) is 30.3 Å². The van der Waals surface area contributed by atoms with Crippen molar-refractivity contribution in [3.05, 3.63) is 53.2 Å². The highest BCUT2D eigenvalue weighted by Crippen LogP contribution is 2.31. The molecule has 0 unspecified atom stereocenters. The number of para-hydroxylation sites is 1. The summed E-state index contributed by atoms with van der Waals surface area (Å²) in [6.45, 7) is 2.13. The average Bonchev–Trinajstić information content (AvgIpc) is 2.54. The molecule has 3 aromatic rings. The maximum atomic E-state index is 6.38. The van der Waals surface area contributed by atoms with E-state index in [4.69, 9.17) is 16.6 Å². The van der Waals surface area contributed by atoms with Crippen molar-refractivity contribution in [2.75, 3.05) is 6.26 Å². The number of hydrogen-bond acceptors (Lipinski definition) is 3. The van der Waals surface area contributed by atoms with Crippen LogP contribution < -0.4 is 0 Å². The van der Waals surface area contributed by atoms with Gasteiger partial charge in [0.25, 0.3) is 0 Å². The Kier molecular flexibility index (Phi) is 4.13. The molecule has 0 fully saturated rings. The van der Waals surface area contributed by atoms with E-state index in [0.717, 1.165) is 27.8 Å². The van der Waals surface area contributed by atoms with E-state index in [2.05, 4.69) is 30.3 Å². The minimum Gasteiger partial charge on any atom is -0.228 e. The highest BCUT2D eigenvalue weighted by molar-refractivity contribution is 7.98. The van der Waals surface area contributed by atoms with Gasteiger partial charge < -0.3 is 0 Å². The van der Waals surface area contributed by atoms with E-state index in [1.54, 1.807) is 11.8 Å². The third kappa shape index (κ3) is 2.63. The van der Waals surface area contributed by atoms with Crippen LogP contribution in [-0.2, 0) is 6.42 Å². The Morgan fingerprint density at radius 2 is 1.86 bits per heavy atom. The van der Waals surface area contributed by atoms with Crippen molar-refractivity contribution in [1.82, 2.24) is 9.97 Å². The molecule has 0 amide bonds. The van der Waals surface area contributed by atoms with Crippen LogP contribution in [0.2, 0.25) is 5.15 Å². The standard InChI is InChI=1S/C17H15ClN2S/c1-3-11-7-6-9-13-15(11)19-17(20-16(13)18)12-8-4-5-10-14(12)21-2/h4-10H,3H2,1-2H3. The SMILES string of the molecule is CCc1cccc2c(Cl)nc(-c3ccccc3SC)nc12. The molecule has 106 valence electrons. The van der Waals surface area contributed by atoms with Crippen molar-refractivity contribution < 1.29 is 0 Å². The van der Waals surface area contributed by atoms with Crippen molar-refractivity contribution >= 4 is 34.3 Å². The summed E-state index contributed by atoms with van der Waals surface area (Å²) in [5.41, 5.74) is 3.17. The predicted octanol–water partition coefficient (Wildman–Crippen LogP) is 5.23. The maximum absolute atomic E-state index is 6.38. The minimum atomic E-state index is 0.515. The van der Waals surface area contributed by atoms with Gasteiger partial charge in [-0.1, -0.05) is 48.9 Å². The molecular weight excluding hydrogens is 300 g/mol. The van der Waals surface area contributed by atoms with Gasteiger partial charge in [0.05, 0.1) is 5.52 Å². The molecule has 2 nitrogen and oxygen atoms in total. The quantitative estimate of drug-likeness (QED) is 0.488. The number of thioether (sulfide) groups is 1. The Hall–Kier alpha value is -1.58. The molecule has 0 spiro atoms. The molecule has 0 aliphatic rings. The van der Waals surface area contributed by atoms with Gasteiger partial charge in [-0.3, -0.25) is 0 Å². The molecule has 0 atom stereocenters. The van der Waals surface area contributed by atoms with Crippen molar-refractivity contribution in [1.29, 1.82) is 0 Å². The third-order valence-electron chi connectivity index (χ3n) is 3.49. The van der Waals surface area contributed by atoms with Crippen molar-refractivity contribution in [3.63, 3.8) is 0 Å². The van der Waals surface area contributed by atoms with Crippen LogP contribution in [0, 0.1) is 0 Å². The molecule has 1 heterocycles. The summed E-state index contributed by atoms with van der Waals surface area (Å²) >= 11 is 8.07. The summed E-state index contributed by atoms with van der Waals surface area (Å²) in [7, 11) is 0. The van der Waals surface area contributed by atoms with E-state index in [0.29, 0.717) is 11.0 Å². The number of benzene rings is 2. The Balaban J connectivity index is 2.29. The van der Waals surface area contributed by atoms with Crippen LogP contribution in [0.15, 0.2) is 47.4 Å². The van der Waals surface area contributed by atoms with Gasteiger partial charge in [0.1, 0.15) is 5.15 Å². The Bertz CT molecular complexity index is 802. The lowest BCUT2D eigenvalue weighted by atomic mass is 10.1. The van der Waals surface area contributed by atoms with Gasteiger partial charge in [0.15, 0.2) is 5.82 Å². The summed E-state index contributed by atoms with van der Waals surface area (Å²) in [6, 6.07) is 14.2. The Labute approximate surface area is 133 Å². The molecule has 0 aliphatic heterocycles. The van der Waals surface area contributed by atoms with Gasteiger partial charge in [-0.05, 0) is 30.4 Å². The largest absolute Gasteiger partial charge is 0.228 e. The van der Waals surface area contributed by atoms with Crippen molar-refractivity contribution in [2.24, 2.45) is 0 Å². The minimum absolute atomic E-state index is 0.515. The number of fused-ring (bicyclic) bond motifs is 1. The van der Waals surface area contributed by atoms with Crippen LogP contribution in [-0.4, -0.2) is 16.2 Å². The summed E-state index contributed by atoms with van der Waals surface area (Å²) in [4.78, 5) is 10.4. The second kappa shape index (κ2) is 6.04. The van der Waals surface area contributed by atoms with Crippen LogP contribution >= 0.6 is 23.4 Å². The predicted molar refractivity (Wildman–Crippen MR) is 91.1 cm³/mol. The fourth-order valence-corrected chi connectivity index (χ4v) is 3.24.